The van der Waals surface area contributed by atoms with Gasteiger partial charge in [0.1, 0.15) is 12.1 Å². The van der Waals surface area contributed by atoms with Crippen LogP contribution in [0.5, 0.6) is 0 Å². The average Bonchev–Trinajstić information content (AvgIpc) is 2.28. The molecule has 104 valence electrons. The maximum atomic E-state index is 12.4. The van der Waals surface area contributed by atoms with Gasteiger partial charge in [0.15, 0.2) is 0 Å². The van der Waals surface area contributed by atoms with Crippen LogP contribution in [0.4, 0.5) is 0 Å². The Morgan fingerprint density at radius 1 is 1.22 bits per heavy atom. The largest absolute Gasteiger partial charge is 0.342 e. The molecular weight excluding hydrogens is 228 g/mol. The Kier molecular flexibility index (Phi) is 5.17. The van der Waals surface area contributed by atoms with Crippen LogP contribution in [-0.2, 0) is 9.59 Å². The first kappa shape index (κ1) is 15.0. The molecule has 1 N–H and O–H groups in total. The van der Waals surface area contributed by atoms with E-state index in [1.807, 2.05) is 20.8 Å². The van der Waals surface area contributed by atoms with Gasteiger partial charge in [-0.25, -0.2) is 0 Å². The second-order valence-corrected chi connectivity index (χ2v) is 5.87. The van der Waals surface area contributed by atoms with Gasteiger partial charge >= 0.3 is 0 Å². The van der Waals surface area contributed by atoms with Gasteiger partial charge in [0.2, 0.25) is 11.8 Å². The lowest BCUT2D eigenvalue weighted by Crippen LogP contribution is -2.64. The Morgan fingerprint density at radius 2 is 1.83 bits per heavy atom. The van der Waals surface area contributed by atoms with Gasteiger partial charge < -0.3 is 10.2 Å². The highest BCUT2D eigenvalue weighted by molar-refractivity contribution is 5.97. The number of amides is 2. The van der Waals surface area contributed by atoms with Crippen molar-refractivity contribution in [2.75, 3.05) is 6.54 Å². The Hall–Kier alpha value is -1.06. The molecule has 0 aromatic rings. The fourth-order valence-electron chi connectivity index (χ4n) is 2.31. The van der Waals surface area contributed by atoms with Crippen molar-refractivity contribution in [2.45, 2.75) is 59.5 Å². The Labute approximate surface area is 110 Å². The third kappa shape index (κ3) is 3.24. The lowest BCUT2D eigenvalue weighted by atomic mass is 9.96. The molecule has 4 heteroatoms. The van der Waals surface area contributed by atoms with Crippen LogP contribution in [0.15, 0.2) is 0 Å². The van der Waals surface area contributed by atoms with Gasteiger partial charge in [0.25, 0.3) is 0 Å². The number of nitrogens with one attached hydrogen (secondary N) is 1. The summed E-state index contributed by atoms with van der Waals surface area (Å²) in [5.74, 6) is 0.759. The highest BCUT2D eigenvalue weighted by atomic mass is 16.2. The minimum Gasteiger partial charge on any atom is -0.342 e. The highest BCUT2D eigenvalue weighted by Gasteiger charge is 2.40. The SMILES string of the molecule is CCC1C(=O)NC(C(C)C)C(=O)N1CCC(C)C. The van der Waals surface area contributed by atoms with Crippen molar-refractivity contribution in [3.05, 3.63) is 0 Å². The highest BCUT2D eigenvalue weighted by Crippen LogP contribution is 2.18. The summed E-state index contributed by atoms with van der Waals surface area (Å²) in [4.78, 5) is 26.2. The van der Waals surface area contributed by atoms with Crippen molar-refractivity contribution in [1.29, 1.82) is 0 Å². The van der Waals surface area contributed by atoms with E-state index in [4.69, 9.17) is 0 Å². The lowest BCUT2D eigenvalue weighted by Gasteiger charge is -2.40. The second-order valence-electron chi connectivity index (χ2n) is 5.87. The quantitative estimate of drug-likeness (QED) is 0.813. The summed E-state index contributed by atoms with van der Waals surface area (Å²) in [6, 6.07) is -0.640. The standard InChI is InChI=1S/C14H26N2O2/c1-6-11-13(17)15-12(10(4)5)14(18)16(11)8-7-9(2)3/h9-12H,6-8H2,1-5H3,(H,15,17). The smallest absolute Gasteiger partial charge is 0.246 e. The molecule has 1 aliphatic heterocycles. The summed E-state index contributed by atoms with van der Waals surface area (Å²) in [5, 5.41) is 2.85. The molecule has 0 aromatic heterocycles. The van der Waals surface area contributed by atoms with E-state index in [-0.39, 0.29) is 29.8 Å². The minimum absolute atomic E-state index is 0.000411. The maximum absolute atomic E-state index is 12.4. The second kappa shape index (κ2) is 6.21. The van der Waals surface area contributed by atoms with Crippen molar-refractivity contribution in [1.82, 2.24) is 10.2 Å². The van der Waals surface area contributed by atoms with Crippen LogP contribution in [0.25, 0.3) is 0 Å². The van der Waals surface area contributed by atoms with E-state index in [0.29, 0.717) is 18.9 Å². The van der Waals surface area contributed by atoms with Gasteiger partial charge in [-0.05, 0) is 24.7 Å². The predicted molar refractivity (Wildman–Crippen MR) is 72.0 cm³/mol. The Bertz CT molecular complexity index is 313. The van der Waals surface area contributed by atoms with Crippen molar-refractivity contribution in [2.24, 2.45) is 11.8 Å². The summed E-state index contributed by atoms with van der Waals surface area (Å²) >= 11 is 0. The summed E-state index contributed by atoms with van der Waals surface area (Å²) in [5.41, 5.74) is 0. The molecule has 2 unspecified atom stereocenters. The number of hydrogen-bond acceptors (Lipinski definition) is 2. The average molecular weight is 254 g/mol. The monoisotopic (exact) mass is 254 g/mol. The van der Waals surface area contributed by atoms with Crippen molar-refractivity contribution >= 4 is 11.8 Å². The zero-order valence-electron chi connectivity index (χ0n) is 12.2. The molecule has 1 saturated heterocycles. The molecule has 0 radical (unpaired) electrons. The number of piperazine rings is 1. The number of rotatable bonds is 5. The van der Waals surface area contributed by atoms with Crippen LogP contribution in [0, 0.1) is 11.8 Å². The molecular formula is C14H26N2O2. The minimum atomic E-state index is -0.354. The van der Waals surface area contributed by atoms with Crippen LogP contribution in [0.3, 0.4) is 0 Å². The van der Waals surface area contributed by atoms with Gasteiger partial charge in [0.05, 0.1) is 0 Å². The fraction of sp³-hybridized carbons (Fsp3) is 0.857. The van der Waals surface area contributed by atoms with Gasteiger partial charge in [-0.2, -0.15) is 0 Å². The van der Waals surface area contributed by atoms with E-state index in [1.165, 1.54) is 0 Å². The molecule has 0 bridgehead atoms. The van der Waals surface area contributed by atoms with Crippen LogP contribution in [0.2, 0.25) is 0 Å². The van der Waals surface area contributed by atoms with Crippen molar-refractivity contribution in [3.8, 4) is 0 Å². The molecule has 0 saturated carbocycles. The van der Waals surface area contributed by atoms with E-state index < -0.39 is 0 Å². The van der Waals surface area contributed by atoms with E-state index in [9.17, 15) is 9.59 Å². The molecule has 1 heterocycles. The van der Waals surface area contributed by atoms with Crippen LogP contribution in [-0.4, -0.2) is 35.3 Å². The van der Waals surface area contributed by atoms with E-state index in [2.05, 4.69) is 19.2 Å². The molecule has 1 fully saturated rings. The van der Waals surface area contributed by atoms with Gasteiger partial charge in [-0.15, -0.1) is 0 Å². The van der Waals surface area contributed by atoms with E-state index in [0.717, 1.165) is 6.42 Å². The summed E-state index contributed by atoms with van der Waals surface area (Å²) in [6.07, 6.45) is 1.63. The molecule has 0 aliphatic carbocycles. The predicted octanol–water partition coefficient (Wildman–Crippen LogP) is 1.79. The summed E-state index contributed by atoms with van der Waals surface area (Å²) < 4.78 is 0. The molecule has 4 nitrogen and oxygen atoms in total. The van der Waals surface area contributed by atoms with Crippen LogP contribution >= 0.6 is 0 Å². The number of nitrogens with zero attached hydrogens (tertiary/aromatic N) is 1. The van der Waals surface area contributed by atoms with Gasteiger partial charge in [-0.3, -0.25) is 9.59 Å². The molecule has 1 aliphatic rings. The zero-order valence-corrected chi connectivity index (χ0v) is 12.2. The zero-order chi connectivity index (χ0) is 13.9. The third-order valence-electron chi connectivity index (χ3n) is 3.53. The molecule has 2 amide bonds. The molecule has 1 rings (SSSR count). The lowest BCUT2D eigenvalue weighted by molar-refractivity contribution is -0.150. The molecule has 0 spiro atoms. The van der Waals surface area contributed by atoms with Crippen LogP contribution < -0.4 is 5.32 Å². The van der Waals surface area contributed by atoms with Gasteiger partial charge in [0, 0.05) is 6.54 Å². The Balaban J connectivity index is 2.84. The molecule has 2 atom stereocenters. The van der Waals surface area contributed by atoms with Crippen molar-refractivity contribution in [3.63, 3.8) is 0 Å². The topological polar surface area (TPSA) is 49.4 Å². The Morgan fingerprint density at radius 3 is 2.28 bits per heavy atom. The number of hydrogen-bond donors (Lipinski definition) is 1. The first-order valence-corrected chi connectivity index (χ1v) is 6.99. The molecule has 18 heavy (non-hydrogen) atoms. The maximum Gasteiger partial charge on any atom is 0.246 e. The first-order valence-electron chi connectivity index (χ1n) is 6.99. The fourth-order valence-corrected chi connectivity index (χ4v) is 2.31. The molecule has 0 aromatic carbocycles. The van der Waals surface area contributed by atoms with Crippen LogP contribution in [0.1, 0.15) is 47.5 Å². The summed E-state index contributed by atoms with van der Waals surface area (Å²) in [7, 11) is 0. The number of carbonyl (C=O) groups is 2. The normalized spacial score (nSPS) is 24.9. The first-order chi connectivity index (χ1) is 8.38. The van der Waals surface area contributed by atoms with Gasteiger partial charge in [-0.1, -0.05) is 34.6 Å². The third-order valence-corrected chi connectivity index (χ3v) is 3.53. The van der Waals surface area contributed by atoms with Crippen molar-refractivity contribution < 1.29 is 9.59 Å². The van der Waals surface area contributed by atoms with E-state index in [1.54, 1.807) is 4.90 Å². The van der Waals surface area contributed by atoms with E-state index >= 15 is 0 Å². The number of carbonyl (C=O) groups excluding carboxylic acids is 2. The summed E-state index contributed by atoms with van der Waals surface area (Å²) in [6.45, 7) is 10.8.